The Kier molecular flexibility index (Phi) is 5.72. The van der Waals surface area contributed by atoms with Crippen molar-refractivity contribution in [2.24, 2.45) is 14.5 Å². The minimum Gasteiger partial charge on any atom is -0.385 e. The van der Waals surface area contributed by atoms with Gasteiger partial charge in [-0.25, -0.2) is 0 Å². The Bertz CT molecular complexity index is 632. The molecule has 1 atom stereocenters. The quantitative estimate of drug-likeness (QED) is 0.783. The highest BCUT2D eigenvalue weighted by Crippen LogP contribution is 2.47. The number of fused-ring (bicyclic) bond motifs is 1. The summed E-state index contributed by atoms with van der Waals surface area (Å²) in [5.74, 6) is -0.329. The third-order valence-corrected chi connectivity index (χ3v) is 4.01. The van der Waals surface area contributed by atoms with Gasteiger partial charge in [-0.3, -0.25) is 4.79 Å². The van der Waals surface area contributed by atoms with Crippen molar-refractivity contribution in [3.63, 3.8) is 0 Å². The molecule has 1 amide bonds. The summed E-state index contributed by atoms with van der Waals surface area (Å²) in [5, 5.41) is 3.40. The van der Waals surface area contributed by atoms with Crippen LogP contribution in [0.2, 0.25) is 10.0 Å². The summed E-state index contributed by atoms with van der Waals surface area (Å²) in [6.45, 7) is 0.558. The third-order valence-electron chi connectivity index (χ3n) is 2.89. The molecule has 0 spiro atoms. The molecule has 1 aliphatic heterocycles. The topological polar surface area (TPSA) is 89.1 Å². The summed E-state index contributed by atoms with van der Waals surface area (Å²) >= 11 is 13.1. The molecule has 1 aromatic carbocycles. The summed E-state index contributed by atoms with van der Waals surface area (Å²) in [5.41, 5.74) is 7.20. The summed E-state index contributed by atoms with van der Waals surface area (Å²) in [6, 6.07) is 0.882. The first-order valence-electron chi connectivity index (χ1n) is 6.20. The van der Waals surface area contributed by atoms with Gasteiger partial charge in [0.25, 0.3) is 0 Å². The molecule has 114 valence electrons. The van der Waals surface area contributed by atoms with Crippen LogP contribution in [0.5, 0.6) is 0 Å². The minimum atomic E-state index is -0.645. The smallest absolute Gasteiger partial charge is 0.241 e. The molecule has 0 aliphatic carbocycles. The second kappa shape index (κ2) is 7.33. The molecule has 0 saturated heterocycles. The number of ether oxygens (including phenoxy) is 1. The highest BCUT2D eigenvalue weighted by molar-refractivity contribution is 7.58. The van der Waals surface area contributed by atoms with Gasteiger partial charge in [0.1, 0.15) is 11.4 Å². The first-order chi connectivity index (χ1) is 10.0. The van der Waals surface area contributed by atoms with Gasteiger partial charge in [-0.05, 0) is 18.9 Å². The van der Waals surface area contributed by atoms with E-state index in [-0.39, 0.29) is 5.91 Å². The first-order valence-corrected chi connectivity index (χ1v) is 7.69. The number of rotatable bonds is 6. The second-order valence-electron chi connectivity index (χ2n) is 4.41. The number of hydrogen-bond donors (Lipinski definition) is 2. The standard InChI is InChI=1S/C12H14Cl2N4O2S/c1-20-4-2-3-8(15)12(19)16-9-6(13)5-7(14)10-11(9)18-21-17-10/h5,8H,2-4,15H2,1H3,(H,16,19). The van der Waals surface area contributed by atoms with E-state index in [0.29, 0.717) is 46.6 Å². The molecule has 9 heteroatoms. The van der Waals surface area contributed by atoms with Crippen LogP contribution in [-0.2, 0) is 20.9 Å². The van der Waals surface area contributed by atoms with Crippen molar-refractivity contribution in [2.45, 2.75) is 18.9 Å². The van der Waals surface area contributed by atoms with Crippen molar-refractivity contribution in [3.8, 4) is 0 Å². The van der Waals surface area contributed by atoms with Gasteiger partial charge in [0.15, 0.2) is 0 Å². The Morgan fingerprint density at radius 2 is 2.14 bits per heavy atom. The van der Waals surface area contributed by atoms with Crippen molar-refractivity contribution in [1.82, 2.24) is 0 Å². The molecule has 0 radical (unpaired) electrons. The Hall–Kier alpha value is -0.990. The van der Waals surface area contributed by atoms with Gasteiger partial charge in [-0.2, -0.15) is 8.73 Å². The highest BCUT2D eigenvalue weighted by Gasteiger charge is 2.22. The van der Waals surface area contributed by atoms with Crippen molar-refractivity contribution >= 4 is 57.5 Å². The molecule has 2 rings (SSSR count). The van der Waals surface area contributed by atoms with Crippen LogP contribution >= 0.6 is 23.2 Å². The van der Waals surface area contributed by atoms with Crippen LogP contribution in [0.15, 0.2) is 14.8 Å². The maximum absolute atomic E-state index is 12.1. The lowest BCUT2D eigenvalue weighted by atomic mass is 10.1. The fourth-order valence-electron chi connectivity index (χ4n) is 1.79. The maximum Gasteiger partial charge on any atom is 0.241 e. The Morgan fingerprint density at radius 1 is 1.43 bits per heavy atom. The van der Waals surface area contributed by atoms with Gasteiger partial charge in [-0.15, -0.1) is 0 Å². The molecule has 1 unspecified atom stereocenters. The van der Waals surface area contributed by atoms with Crippen LogP contribution in [0.25, 0.3) is 0 Å². The average Bonchev–Trinajstić information content (AvgIpc) is 2.93. The van der Waals surface area contributed by atoms with Crippen LogP contribution in [0.1, 0.15) is 12.8 Å². The van der Waals surface area contributed by atoms with E-state index in [9.17, 15) is 4.79 Å². The lowest BCUT2D eigenvalue weighted by Crippen LogP contribution is -2.35. The molecule has 1 aromatic rings. The van der Waals surface area contributed by atoms with Crippen molar-refractivity contribution in [3.05, 3.63) is 16.1 Å². The van der Waals surface area contributed by atoms with Gasteiger partial charge >= 0.3 is 0 Å². The molecular weight excluding hydrogens is 335 g/mol. The molecule has 6 nitrogen and oxygen atoms in total. The number of amides is 1. The lowest BCUT2D eigenvalue weighted by molar-refractivity contribution is -0.117. The Morgan fingerprint density at radius 3 is 2.86 bits per heavy atom. The molecule has 1 heterocycles. The number of hydrogen-bond acceptors (Lipinski definition) is 5. The third kappa shape index (κ3) is 3.81. The van der Waals surface area contributed by atoms with Crippen molar-refractivity contribution in [2.75, 3.05) is 19.0 Å². The molecule has 0 saturated carbocycles. The average molecular weight is 349 g/mol. The normalized spacial score (nSPS) is 13.7. The largest absolute Gasteiger partial charge is 0.385 e. The molecule has 0 bridgehead atoms. The Labute approximate surface area is 135 Å². The van der Waals surface area contributed by atoms with Crippen LogP contribution < -0.4 is 11.1 Å². The van der Waals surface area contributed by atoms with E-state index in [1.54, 1.807) is 7.11 Å². The van der Waals surface area contributed by atoms with E-state index in [4.69, 9.17) is 33.7 Å². The number of carbonyl (C=O) groups excluding carboxylic acids is 1. The number of methoxy groups -OCH3 is 1. The SMILES string of the molecule is COCCCC(N)C(=O)Nc1c(Cl)cc(Cl)c2c1N=S=N2. The number of nitrogens with zero attached hydrogens (tertiary/aromatic N) is 2. The zero-order valence-corrected chi connectivity index (χ0v) is 13.6. The first kappa shape index (κ1) is 16.4. The summed E-state index contributed by atoms with van der Waals surface area (Å²) < 4.78 is 13.1. The van der Waals surface area contributed by atoms with Gasteiger partial charge in [0.2, 0.25) is 5.91 Å². The fraction of sp³-hybridized carbons (Fsp3) is 0.417. The molecule has 0 fully saturated rings. The van der Waals surface area contributed by atoms with E-state index in [1.807, 2.05) is 0 Å². The predicted molar refractivity (Wildman–Crippen MR) is 85.7 cm³/mol. The van der Waals surface area contributed by atoms with Crippen LogP contribution in [-0.4, -0.2) is 25.7 Å². The maximum atomic E-state index is 12.1. The number of nitrogens with one attached hydrogen (secondary N) is 1. The highest BCUT2D eigenvalue weighted by atomic mass is 35.5. The summed E-state index contributed by atoms with van der Waals surface area (Å²) in [7, 11) is 1.60. The predicted octanol–water partition coefficient (Wildman–Crippen LogP) is 3.41. The van der Waals surface area contributed by atoms with Gasteiger partial charge in [-0.1, -0.05) is 23.2 Å². The zero-order chi connectivity index (χ0) is 15.4. The van der Waals surface area contributed by atoms with E-state index < -0.39 is 6.04 Å². The van der Waals surface area contributed by atoms with Gasteiger partial charge in [0.05, 0.1) is 33.1 Å². The zero-order valence-electron chi connectivity index (χ0n) is 11.2. The minimum absolute atomic E-state index is 0.303. The van der Waals surface area contributed by atoms with Gasteiger partial charge in [0, 0.05) is 13.7 Å². The van der Waals surface area contributed by atoms with E-state index in [1.165, 1.54) is 6.07 Å². The van der Waals surface area contributed by atoms with Gasteiger partial charge < -0.3 is 15.8 Å². The molecule has 1 aliphatic rings. The van der Waals surface area contributed by atoms with Crippen LogP contribution in [0.4, 0.5) is 17.1 Å². The Balaban J connectivity index is 2.12. The monoisotopic (exact) mass is 348 g/mol. The summed E-state index contributed by atoms with van der Waals surface area (Å²) in [6.07, 6.45) is 1.22. The van der Waals surface area contributed by atoms with Crippen LogP contribution in [0.3, 0.4) is 0 Å². The lowest BCUT2D eigenvalue weighted by Gasteiger charge is -2.14. The number of benzene rings is 1. The summed E-state index contributed by atoms with van der Waals surface area (Å²) in [4.78, 5) is 12.1. The molecule has 21 heavy (non-hydrogen) atoms. The fourth-order valence-corrected chi connectivity index (χ4v) is 2.95. The van der Waals surface area contributed by atoms with E-state index >= 15 is 0 Å². The van der Waals surface area contributed by atoms with E-state index in [2.05, 4.69) is 14.0 Å². The van der Waals surface area contributed by atoms with Crippen molar-refractivity contribution < 1.29 is 9.53 Å². The molecule has 3 N–H and O–H groups in total. The van der Waals surface area contributed by atoms with Crippen LogP contribution in [0, 0.1) is 0 Å². The number of nitrogens with two attached hydrogens (primary N) is 1. The molecular formula is C12H14Cl2N4O2S. The molecule has 0 aromatic heterocycles. The van der Waals surface area contributed by atoms with Crippen molar-refractivity contribution in [1.29, 1.82) is 0 Å². The number of halogens is 2. The van der Waals surface area contributed by atoms with E-state index in [0.717, 1.165) is 11.4 Å². The number of carbonyl (C=O) groups is 1. The second-order valence-corrected chi connectivity index (χ2v) is 5.75. The number of anilines is 1.